The van der Waals surface area contributed by atoms with E-state index in [4.69, 9.17) is 23.2 Å². The first-order valence-corrected chi connectivity index (χ1v) is 10.5. The number of nitrogens with zero attached hydrogens (tertiary/aromatic N) is 5. The van der Waals surface area contributed by atoms with Crippen molar-refractivity contribution in [3.8, 4) is 11.1 Å². The number of benzene rings is 2. The fourth-order valence-electron chi connectivity index (χ4n) is 4.04. The van der Waals surface area contributed by atoms with Gasteiger partial charge in [-0.15, -0.1) is 0 Å². The molecule has 31 heavy (non-hydrogen) atoms. The van der Waals surface area contributed by atoms with Crippen molar-refractivity contribution < 1.29 is 4.79 Å². The maximum atomic E-state index is 11.9. The Hall–Kier alpha value is -3.16. The number of aromatic amines is 1. The molecule has 2 aromatic heterocycles. The van der Waals surface area contributed by atoms with Crippen molar-refractivity contribution >= 4 is 56.7 Å². The number of piperazine rings is 1. The van der Waals surface area contributed by atoms with Gasteiger partial charge in [-0.25, -0.2) is 9.97 Å². The molecule has 0 radical (unpaired) electrons. The van der Waals surface area contributed by atoms with Crippen LogP contribution in [-0.2, 0) is 4.79 Å². The SMILES string of the molecule is C=CC(=O)N1CCN(c2ncnc3cc(-c4c(Cl)ccc5[nH]ncc45)c(Cl)cc23)CC1. The largest absolute Gasteiger partial charge is 0.352 e. The number of nitrogens with one attached hydrogen (secondary N) is 1. The molecular weight excluding hydrogens is 435 g/mol. The molecule has 0 atom stereocenters. The van der Waals surface area contributed by atoms with E-state index in [1.54, 1.807) is 17.4 Å². The highest BCUT2D eigenvalue weighted by Crippen LogP contribution is 2.41. The molecule has 0 aliphatic carbocycles. The third kappa shape index (κ3) is 3.40. The van der Waals surface area contributed by atoms with Crippen molar-refractivity contribution in [2.24, 2.45) is 0 Å². The first kappa shape index (κ1) is 19.8. The number of aromatic nitrogens is 4. The summed E-state index contributed by atoms with van der Waals surface area (Å²) in [5.41, 5.74) is 3.25. The topological polar surface area (TPSA) is 78.0 Å². The molecule has 1 N–H and O–H groups in total. The van der Waals surface area contributed by atoms with Crippen molar-refractivity contribution in [3.05, 3.63) is 59.5 Å². The molecule has 0 unspecified atom stereocenters. The predicted molar refractivity (Wildman–Crippen MR) is 124 cm³/mol. The molecule has 7 nitrogen and oxygen atoms in total. The number of rotatable bonds is 3. The second kappa shape index (κ2) is 7.83. The van der Waals surface area contributed by atoms with Gasteiger partial charge in [-0.05, 0) is 30.3 Å². The molecular formula is C22H18Cl2N6O. The number of carbonyl (C=O) groups is 1. The molecule has 0 saturated carbocycles. The van der Waals surface area contributed by atoms with E-state index in [0.29, 0.717) is 36.2 Å². The number of amides is 1. The van der Waals surface area contributed by atoms with Crippen LogP contribution in [0.25, 0.3) is 32.9 Å². The van der Waals surface area contributed by atoms with Crippen molar-refractivity contribution in [3.63, 3.8) is 0 Å². The lowest BCUT2D eigenvalue weighted by atomic mass is 10.00. The van der Waals surface area contributed by atoms with Gasteiger partial charge in [-0.3, -0.25) is 9.89 Å². The Balaban J connectivity index is 1.57. The molecule has 3 heterocycles. The van der Waals surface area contributed by atoms with Gasteiger partial charge in [0.1, 0.15) is 12.1 Å². The monoisotopic (exact) mass is 452 g/mol. The number of carbonyl (C=O) groups excluding carboxylic acids is 1. The third-order valence-electron chi connectivity index (χ3n) is 5.61. The Kier molecular flexibility index (Phi) is 5.00. The van der Waals surface area contributed by atoms with Crippen LogP contribution in [0.4, 0.5) is 5.82 Å². The zero-order valence-electron chi connectivity index (χ0n) is 16.5. The molecule has 0 spiro atoms. The minimum atomic E-state index is -0.0508. The van der Waals surface area contributed by atoms with Gasteiger partial charge in [-0.2, -0.15) is 5.10 Å². The molecule has 5 rings (SSSR count). The van der Waals surface area contributed by atoms with Crippen LogP contribution >= 0.6 is 23.2 Å². The average molecular weight is 453 g/mol. The molecule has 0 bridgehead atoms. The van der Waals surface area contributed by atoms with Gasteiger partial charge < -0.3 is 9.80 Å². The van der Waals surface area contributed by atoms with Crippen molar-refractivity contribution in [1.82, 2.24) is 25.1 Å². The summed E-state index contributed by atoms with van der Waals surface area (Å²) >= 11 is 13.3. The lowest BCUT2D eigenvalue weighted by molar-refractivity contribution is -0.126. The molecule has 1 amide bonds. The lowest BCUT2D eigenvalue weighted by Gasteiger charge is -2.35. The summed E-state index contributed by atoms with van der Waals surface area (Å²) in [6.07, 6.45) is 4.64. The zero-order valence-corrected chi connectivity index (χ0v) is 18.0. The molecule has 156 valence electrons. The van der Waals surface area contributed by atoms with E-state index >= 15 is 0 Å². The number of hydrogen-bond donors (Lipinski definition) is 1. The van der Waals surface area contributed by atoms with Crippen LogP contribution in [0, 0.1) is 0 Å². The van der Waals surface area contributed by atoms with E-state index in [1.807, 2.05) is 24.3 Å². The minimum Gasteiger partial charge on any atom is -0.352 e. The van der Waals surface area contributed by atoms with Crippen LogP contribution in [0.5, 0.6) is 0 Å². The van der Waals surface area contributed by atoms with Crippen molar-refractivity contribution in [2.75, 3.05) is 31.1 Å². The average Bonchev–Trinajstić information content (AvgIpc) is 3.27. The third-order valence-corrected chi connectivity index (χ3v) is 6.24. The summed E-state index contributed by atoms with van der Waals surface area (Å²) < 4.78 is 0. The maximum absolute atomic E-state index is 11.9. The van der Waals surface area contributed by atoms with Gasteiger partial charge in [0, 0.05) is 58.1 Å². The Morgan fingerprint density at radius 2 is 1.87 bits per heavy atom. The van der Waals surface area contributed by atoms with Gasteiger partial charge in [0.15, 0.2) is 0 Å². The number of fused-ring (bicyclic) bond motifs is 2. The first-order chi connectivity index (χ1) is 15.1. The van der Waals surface area contributed by atoms with Gasteiger partial charge >= 0.3 is 0 Å². The van der Waals surface area contributed by atoms with Crippen molar-refractivity contribution in [2.45, 2.75) is 0 Å². The van der Waals surface area contributed by atoms with E-state index in [9.17, 15) is 4.79 Å². The Bertz CT molecular complexity index is 1330. The number of H-pyrrole nitrogens is 1. The Morgan fingerprint density at radius 1 is 1.06 bits per heavy atom. The van der Waals surface area contributed by atoms with Gasteiger partial charge in [0.2, 0.25) is 5.91 Å². The molecule has 1 aliphatic heterocycles. The molecule has 9 heteroatoms. The van der Waals surface area contributed by atoms with Gasteiger partial charge in [-0.1, -0.05) is 29.8 Å². The predicted octanol–water partition coefficient (Wildman–Crippen LogP) is 4.31. The second-order valence-corrected chi connectivity index (χ2v) is 8.13. The van der Waals surface area contributed by atoms with Crippen LogP contribution in [0.15, 0.2) is 49.4 Å². The van der Waals surface area contributed by atoms with Crippen LogP contribution in [-0.4, -0.2) is 57.2 Å². The summed E-state index contributed by atoms with van der Waals surface area (Å²) in [5.74, 6) is 0.752. The van der Waals surface area contributed by atoms with E-state index in [1.165, 1.54) is 6.08 Å². The Morgan fingerprint density at radius 3 is 2.65 bits per heavy atom. The quantitative estimate of drug-likeness (QED) is 0.468. The summed E-state index contributed by atoms with van der Waals surface area (Å²) in [7, 11) is 0. The van der Waals surface area contributed by atoms with E-state index in [2.05, 4.69) is 31.6 Å². The summed E-state index contributed by atoms with van der Waals surface area (Å²) in [6.45, 7) is 6.13. The molecule has 1 aliphatic rings. The van der Waals surface area contributed by atoms with Crippen LogP contribution in [0.2, 0.25) is 10.0 Å². The standard InChI is InChI=1S/C22H18Cl2N6O/c1-2-20(31)29-5-7-30(8-6-29)22-14-9-17(24)13(10-19(14)25-12-26-22)21-15-11-27-28-18(15)4-3-16(21)23/h2-4,9-12H,1,5-8H2,(H,27,28). The summed E-state index contributed by atoms with van der Waals surface area (Å²) in [5, 5.41) is 9.99. The second-order valence-electron chi connectivity index (χ2n) is 7.32. The fraction of sp³-hybridized carbons (Fsp3) is 0.182. The highest BCUT2D eigenvalue weighted by molar-refractivity contribution is 6.38. The molecule has 2 aromatic carbocycles. The number of anilines is 1. The lowest BCUT2D eigenvalue weighted by Crippen LogP contribution is -2.48. The zero-order chi connectivity index (χ0) is 21.5. The fourth-order valence-corrected chi connectivity index (χ4v) is 4.56. The minimum absolute atomic E-state index is 0.0508. The highest BCUT2D eigenvalue weighted by atomic mass is 35.5. The van der Waals surface area contributed by atoms with Crippen LogP contribution in [0.3, 0.4) is 0 Å². The molecule has 1 saturated heterocycles. The highest BCUT2D eigenvalue weighted by Gasteiger charge is 2.23. The van der Waals surface area contributed by atoms with E-state index in [0.717, 1.165) is 38.8 Å². The summed E-state index contributed by atoms with van der Waals surface area (Å²) in [4.78, 5) is 24.8. The smallest absolute Gasteiger partial charge is 0.246 e. The molecule has 4 aromatic rings. The number of halogens is 2. The van der Waals surface area contributed by atoms with E-state index < -0.39 is 0 Å². The Labute approximate surface area is 188 Å². The number of hydrogen-bond acceptors (Lipinski definition) is 5. The summed E-state index contributed by atoms with van der Waals surface area (Å²) in [6, 6.07) is 7.54. The van der Waals surface area contributed by atoms with Crippen LogP contribution in [0.1, 0.15) is 0 Å². The molecule has 1 fully saturated rings. The van der Waals surface area contributed by atoms with Gasteiger partial charge in [0.05, 0.1) is 17.2 Å². The van der Waals surface area contributed by atoms with E-state index in [-0.39, 0.29) is 5.91 Å². The van der Waals surface area contributed by atoms with Crippen LogP contribution < -0.4 is 4.90 Å². The maximum Gasteiger partial charge on any atom is 0.246 e. The van der Waals surface area contributed by atoms with Crippen molar-refractivity contribution in [1.29, 1.82) is 0 Å². The van der Waals surface area contributed by atoms with Gasteiger partial charge in [0.25, 0.3) is 0 Å². The first-order valence-electron chi connectivity index (χ1n) is 9.79. The normalized spacial score (nSPS) is 14.4.